The minimum absolute atomic E-state index is 0.305. The predicted molar refractivity (Wildman–Crippen MR) is 99.4 cm³/mol. The third kappa shape index (κ3) is 5.27. The number of thiocarbonyl (C=S) groups is 2. The topological polar surface area (TPSA) is 61.0 Å². The number of hydrazine groups is 1. The first-order valence-corrected chi connectivity index (χ1v) is 7.61. The molecule has 9 heteroatoms. The van der Waals surface area contributed by atoms with Gasteiger partial charge in [0.1, 0.15) is 0 Å². The van der Waals surface area contributed by atoms with E-state index in [9.17, 15) is 0 Å². The van der Waals surface area contributed by atoms with Crippen LogP contribution in [-0.2, 0) is 0 Å². The Labute approximate surface area is 148 Å². The van der Waals surface area contributed by atoms with E-state index in [2.05, 4.69) is 26.5 Å². The molecule has 2 rings (SSSR count). The van der Waals surface area contributed by atoms with Gasteiger partial charge < -0.3 is 10.6 Å². The molecular weight excluding hydrogens is 361 g/mol. The second-order valence-electron chi connectivity index (χ2n) is 4.02. The Morgan fingerprint density at radius 2 is 1.73 bits per heavy atom. The van der Waals surface area contributed by atoms with Crippen LogP contribution in [0.3, 0.4) is 0 Å². The average Bonchev–Trinajstić information content (AvgIpc) is 2.49. The van der Waals surface area contributed by atoms with E-state index in [0.29, 0.717) is 26.0 Å². The Kier molecular flexibility index (Phi) is 6.14. The summed E-state index contributed by atoms with van der Waals surface area (Å²) in [5.41, 5.74) is 6.90. The van der Waals surface area contributed by atoms with Crippen molar-refractivity contribution in [2.45, 2.75) is 0 Å². The lowest BCUT2D eigenvalue weighted by molar-refractivity contribution is 0.885. The molecule has 0 atom stereocenters. The molecule has 5 nitrogen and oxygen atoms in total. The Balaban J connectivity index is 1.81. The minimum Gasteiger partial charge on any atom is -0.330 e. The van der Waals surface area contributed by atoms with E-state index in [-0.39, 0.29) is 0 Å². The van der Waals surface area contributed by atoms with Crippen molar-refractivity contribution in [2.24, 2.45) is 0 Å². The molecule has 0 aliphatic rings. The van der Waals surface area contributed by atoms with Crippen molar-refractivity contribution in [2.75, 3.05) is 10.6 Å². The van der Waals surface area contributed by atoms with Gasteiger partial charge >= 0.3 is 0 Å². The van der Waals surface area contributed by atoms with E-state index < -0.39 is 0 Å². The Bertz CT molecular complexity index is 681. The number of benzene rings is 1. The number of halogens is 2. The first kappa shape index (κ1) is 16.7. The summed E-state index contributed by atoms with van der Waals surface area (Å²) in [5.74, 6) is 0. The standard InChI is InChI=1S/C13H11Cl2N5S2/c14-8-3-4-11(10(15)6-8)18-13(22)20-19-12(21)17-9-2-1-5-16-7-9/h1-7H,(H2,17,19,21)(H2,18,20,22). The fourth-order valence-electron chi connectivity index (χ4n) is 1.46. The van der Waals surface area contributed by atoms with Crippen molar-refractivity contribution >= 4 is 69.2 Å². The van der Waals surface area contributed by atoms with Crippen molar-refractivity contribution in [1.82, 2.24) is 15.8 Å². The SMILES string of the molecule is S=C(NNC(=S)Nc1ccc(Cl)cc1Cl)Nc1cccnc1. The van der Waals surface area contributed by atoms with Crippen LogP contribution in [0.1, 0.15) is 0 Å². The molecule has 0 saturated carbocycles. The van der Waals surface area contributed by atoms with Crippen LogP contribution < -0.4 is 21.5 Å². The molecule has 0 amide bonds. The molecule has 0 aliphatic carbocycles. The molecule has 0 spiro atoms. The normalized spacial score (nSPS) is 9.73. The number of hydrogen-bond donors (Lipinski definition) is 4. The van der Waals surface area contributed by atoms with E-state index in [0.717, 1.165) is 5.69 Å². The van der Waals surface area contributed by atoms with Crippen molar-refractivity contribution in [3.8, 4) is 0 Å². The first-order valence-electron chi connectivity index (χ1n) is 6.03. The highest BCUT2D eigenvalue weighted by Crippen LogP contribution is 2.25. The molecule has 0 saturated heterocycles. The van der Waals surface area contributed by atoms with Crippen LogP contribution in [-0.4, -0.2) is 15.2 Å². The summed E-state index contributed by atoms with van der Waals surface area (Å²) in [6.07, 6.45) is 3.33. The third-order valence-electron chi connectivity index (χ3n) is 2.39. The van der Waals surface area contributed by atoms with Gasteiger partial charge in [-0.05, 0) is 54.8 Å². The molecule has 0 unspecified atom stereocenters. The largest absolute Gasteiger partial charge is 0.330 e. The number of rotatable bonds is 2. The molecule has 4 N–H and O–H groups in total. The van der Waals surface area contributed by atoms with E-state index in [1.54, 1.807) is 36.7 Å². The highest BCUT2D eigenvalue weighted by atomic mass is 35.5. The second kappa shape index (κ2) is 8.09. The van der Waals surface area contributed by atoms with Crippen LogP contribution in [0.25, 0.3) is 0 Å². The van der Waals surface area contributed by atoms with Crippen LogP contribution >= 0.6 is 47.6 Å². The van der Waals surface area contributed by atoms with Gasteiger partial charge in [0.25, 0.3) is 0 Å². The first-order chi connectivity index (χ1) is 10.5. The van der Waals surface area contributed by atoms with Crippen LogP contribution in [0.15, 0.2) is 42.7 Å². The molecule has 2 aromatic rings. The smallest absolute Gasteiger partial charge is 0.189 e. The Hall–Kier alpha value is -1.67. The van der Waals surface area contributed by atoms with E-state index >= 15 is 0 Å². The zero-order chi connectivity index (χ0) is 15.9. The highest BCUT2D eigenvalue weighted by molar-refractivity contribution is 7.81. The minimum atomic E-state index is 0.305. The third-order valence-corrected chi connectivity index (χ3v) is 3.34. The van der Waals surface area contributed by atoms with Crippen molar-refractivity contribution in [3.05, 3.63) is 52.8 Å². The summed E-state index contributed by atoms with van der Waals surface area (Å²) in [6, 6.07) is 8.69. The summed E-state index contributed by atoms with van der Waals surface area (Å²) in [5, 5.41) is 7.54. The van der Waals surface area contributed by atoms with E-state index in [4.69, 9.17) is 47.6 Å². The van der Waals surface area contributed by atoms with E-state index in [1.165, 1.54) is 0 Å². The number of aromatic nitrogens is 1. The van der Waals surface area contributed by atoms with Gasteiger partial charge in [-0.2, -0.15) is 0 Å². The fourth-order valence-corrected chi connectivity index (χ4v) is 2.24. The van der Waals surface area contributed by atoms with Gasteiger partial charge in [-0.1, -0.05) is 23.2 Å². The maximum atomic E-state index is 6.04. The van der Waals surface area contributed by atoms with Gasteiger partial charge in [-0.25, -0.2) is 0 Å². The van der Waals surface area contributed by atoms with Crippen LogP contribution in [0.2, 0.25) is 10.0 Å². The predicted octanol–water partition coefficient (Wildman–Crippen LogP) is 3.58. The average molecular weight is 372 g/mol. The van der Waals surface area contributed by atoms with Crippen LogP contribution in [0, 0.1) is 0 Å². The summed E-state index contributed by atoms with van der Waals surface area (Å²) in [4.78, 5) is 3.97. The highest BCUT2D eigenvalue weighted by Gasteiger charge is 2.04. The van der Waals surface area contributed by atoms with Crippen molar-refractivity contribution < 1.29 is 0 Å². The summed E-state index contributed by atoms with van der Waals surface area (Å²) in [7, 11) is 0. The van der Waals surface area contributed by atoms with E-state index in [1.807, 2.05) is 6.07 Å². The maximum absolute atomic E-state index is 6.04. The zero-order valence-electron chi connectivity index (χ0n) is 11.1. The molecule has 1 heterocycles. The molecule has 114 valence electrons. The molecule has 0 fully saturated rings. The zero-order valence-corrected chi connectivity index (χ0v) is 14.2. The lowest BCUT2D eigenvalue weighted by Gasteiger charge is -2.14. The van der Waals surface area contributed by atoms with Gasteiger partial charge in [-0.3, -0.25) is 15.8 Å². The van der Waals surface area contributed by atoms with Gasteiger partial charge in [0.2, 0.25) is 0 Å². The lowest BCUT2D eigenvalue weighted by Crippen LogP contribution is -2.45. The fraction of sp³-hybridized carbons (Fsp3) is 0. The van der Waals surface area contributed by atoms with Gasteiger partial charge in [0, 0.05) is 11.2 Å². The number of nitrogens with one attached hydrogen (secondary N) is 4. The number of hydrogen-bond acceptors (Lipinski definition) is 3. The van der Waals surface area contributed by atoms with Crippen molar-refractivity contribution in [3.63, 3.8) is 0 Å². The maximum Gasteiger partial charge on any atom is 0.189 e. The van der Waals surface area contributed by atoms with Gasteiger partial charge in [0.15, 0.2) is 10.2 Å². The molecule has 1 aromatic carbocycles. The molecular formula is C13H11Cl2N5S2. The quantitative estimate of drug-likeness (QED) is 0.475. The van der Waals surface area contributed by atoms with Crippen LogP contribution in [0.5, 0.6) is 0 Å². The van der Waals surface area contributed by atoms with Crippen LogP contribution in [0.4, 0.5) is 11.4 Å². The monoisotopic (exact) mass is 371 g/mol. The molecule has 1 aromatic heterocycles. The van der Waals surface area contributed by atoms with Crippen molar-refractivity contribution in [1.29, 1.82) is 0 Å². The lowest BCUT2D eigenvalue weighted by atomic mass is 10.3. The number of nitrogens with zero attached hydrogens (tertiary/aromatic N) is 1. The summed E-state index contributed by atoms with van der Waals surface area (Å²) >= 11 is 22.1. The van der Waals surface area contributed by atoms with Gasteiger partial charge in [-0.15, -0.1) is 0 Å². The Morgan fingerprint density at radius 1 is 1.00 bits per heavy atom. The molecule has 0 bridgehead atoms. The summed E-state index contributed by atoms with van der Waals surface area (Å²) < 4.78 is 0. The molecule has 0 aliphatic heterocycles. The number of anilines is 2. The second-order valence-corrected chi connectivity index (χ2v) is 5.68. The number of pyridine rings is 1. The summed E-state index contributed by atoms with van der Waals surface area (Å²) in [6.45, 7) is 0. The molecule has 22 heavy (non-hydrogen) atoms. The van der Waals surface area contributed by atoms with Gasteiger partial charge in [0.05, 0.1) is 22.6 Å². The Morgan fingerprint density at radius 3 is 2.36 bits per heavy atom. The molecule has 0 radical (unpaired) electrons.